The molecule has 1 aliphatic rings. The summed E-state index contributed by atoms with van der Waals surface area (Å²) >= 11 is 5.99. The molecule has 110 valence electrons. The maximum absolute atomic E-state index is 12.3. The van der Waals surface area contributed by atoms with Crippen LogP contribution in [0.15, 0.2) is 30.5 Å². The Balaban J connectivity index is 1.70. The third kappa shape index (κ3) is 3.18. The number of halogens is 1. The smallest absolute Gasteiger partial charge is 0.168 e. The van der Waals surface area contributed by atoms with Gasteiger partial charge in [0.15, 0.2) is 5.78 Å². The molecule has 0 atom stereocenters. The highest BCUT2D eigenvalue weighted by Gasteiger charge is 2.18. The summed E-state index contributed by atoms with van der Waals surface area (Å²) in [7, 11) is 0. The monoisotopic (exact) mass is 302 g/mol. The minimum Gasteiger partial charge on any atom is -0.294 e. The summed E-state index contributed by atoms with van der Waals surface area (Å²) in [4.78, 5) is 12.3. The van der Waals surface area contributed by atoms with Gasteiger partial charge >= 0.3 is 0 Å². The number of rotatable bonds is 4. The average molecular weight is 303 g/mol. The van der Waals surface area contributed by atoms with Crippen molar-refractivity contribution in [3.05, 3.63) is 52.3 Å². The molecule has 0 unspecified atom stereocenters. The standard InChI is InChI=1S/C17H19ClN2O/c1-12-10-13(6-7-16(12)18)17(21)11-14-8-9-20(19-14)15-4-2-3-5-15/h6-10,15H,2-5,11H2,1H3. The second kappa shape index (κ2) is 6.02. The lowest BCUT2D eigenvalue weighted by Gasteiger charge is -2.08. The van der Waals surface area contributed by atoms with Crippen molar-refractivity contribution in [3.63, 3.8) is 0 Å². The third-order valence-electron chi connectivity index (χ3n) is 4.18. The number of aromatic nitrogens is 2. The molecule has 0 radical (unpaired) electrons. The van der Waals surface area contributed by atoms with Crippen LogP contribution in [0.3, 0.4) is 0 Å². The van der Waals surface area contributed by atoms with E-state index in [1.54, 1.807) is 12.1 Å². The first kappa shape index (κ1) is 14.3. The molecule has 0 aliphatic heterocycles. The summed E-state index contributed by atoms with van der Waals surface area (Å²) < 4.78 is 2.03. The van der Waals surface area contributed by atoms with E-state index in [0.717, 1.165) is 11.3 Å². The van der Waals surface area contributed by atoms with Gasteiger partial charge in [-0.2, -0.15) is 5.10 Å². The van der Waals surface area contributed by atoms with E-state index in [2.05, 4.69) is 5.10 Å². The molecule has 1 heterocycles. The zero-order valence-electron chi connectivity index (χ0n) is 12.2. The summed E-state index contributed by atoms with van der Waals surface area (Å²) in [5, 5.41) is 5.26. The van der Waals surface area contributed by atoms with Gasteiger partial charge < -0.3 is 0 Å². The predicted octanol–water partition coefficient (Wildman–Crippen LogP) is 4.39. The molecule has 0 saturated heterocycles. The van der Waals surface area contributed by atoms with Crippen LogP contribution in [0.1, 0.15) is 53.3 Å². The van der Waals surface area contributed by atoms with E-state index in [9.17, 15) is 4.79 Å². The van der Waals surface area contributed by atoms with Gasteiger partial charge in [-0.1, -0.05) is 24.4 Å². The molecule has 1 aromatic carbocycles. The predicted molar refractivity (Wildman–Crippen MR) is 84.0 cm³/mol. The number of aryl methyl sites for hydroxylation is 1. The van der Waals surface area contributed by atoms with Gasteiger partial charge in [-0.25, -0.2) is 0 Å². The molecule has 1 aliphatic carbocycles. The van der Waals surface area contributed by atoms with Crippen molar-refractivity contribution in [1.82, 2.24) is 9.78 Å². The van der Waals surface area contributed by atoms with Crippen molar-refractivity contribution < 1.29 is 4.79 Å². The van der Waals surface area contributed by atoms with Gasteiger partial charge in [0.25, 0.3) is 0 Å². The highest BCUT2D eigenvalue weighted by Crippen LogP contribution is 2.28. The Labute approximate surface area is 129 Å². The van der Waals surface area contributed by atoms with Crippen molar-refractivity contribution in [1.29, 1.82) is 0 Å². The Hall–Kier alpha value is -1.61. The van der Waals surface area contributed by atoms with Gasteiger partial charge in [-0.3, -0.25) is 9.48 Å². The van der Waals surface area contributed by atoms with Gasteiger partial charge in [0, 0.05) is 16.8 Å². The van der Waals surface area contributed by atoms with Crippen molar-refractivity contribution in [2.24, 2.45) is 0 Å². The minimum atomic E-state index is 0.0893. The van der Waals surface area contributed by atoms with Crippen LogP contribution in [-0.4, -0.2) is 15.6 Å². The minimum absolute atomic E-state index is 0.0893. The van der Waals surface area contributed by atoms with E-state index in [1.807, 2.05) is 29.9 Å². The van der Waals surface area contributed by atoms with Crippen LogP contribution in [-0.2, 0) is 6.42 Å². The summed E-state index contributed by atoms with van der Waals surface area (Å²) in [6, 6.07) is 7.89. The van der Waals surface area contributed by atoms with Crippen molar-refractivity contribution >= 4 is 17.4 Å². The number of carbonyl (C=O) groups excluding carboxylic acids is 1. The molecule has 21 heavy (non-hydrogen) atoms. The van der Waals surface area contributed by atoms with E-state index in [1.165, 1.54) is 25.7 Å². The van der Waals surface area contributed by atoms with Crippen LogP contribution in [0, 0.1) is 6.92 Å². The highest BCUT2D eigenvalue weighted by molar-refractivity contribution is 6.31. The van der Waals surface area contributed by atoms with Crippen LogP contribution in [0.2, 0.25) is 5.02 Å². The molecule has 0 bridgehead atoms. The van der Waals surface area contributed by atoms with Crippen LogP contribution in [0.25, 0.3) is 0 Å². The summed E-state index contributed by atoms with van der Waals surface area (Å²) in [6.45, 7) is 1.91. The first-order valence-corrected chi connectivity index (χ1v) is 7.84. The van der Waals surface area contributed by atoms with Crippen LogP contribution >= 0.6 is 11.6 Å². The lowest BCUT2D eigenvalue weighted by molar-refractivity contribution is 0.0991. The Kier molecular flexibility index (Phi) is 4.11. The Morgan fingerprint density at radius 3 is 2.81 bits per heavy atom. The largest absolute Gasteiger partial charge is 0.294 e. The van der Waals surface area contributed by atoms with E-state index >= 15 is 0 Å². The van der Waals surface area contributed by atoms with Gasteiger partial charge in [-0.05, 0) is 49.6 Å². The van der Waals surface area contributed by atoms with Crippen LogP contribution in [0.5, 0.6) is 0 Å². The number of hydrogen-bond acceptors (Lipinski definition) is 2. The van der Waals surface area contributed by atoms with Crippen LogP contribution in [0.4, 0.5) is 0 Å². The molecule has 1 aromatic heterocycles. The summed E-state index contributed by atoms with van der Waals surface area (Å²) in [5.74, 6) is 0.0893. The lowest BCUT2D eigenvalue weighted by Crippen LogP contribution is -2.08. The highest BCUT2D eigenvalue weighted by atomic mass is 35.5. The van der Waals surface area contributed by atoms with E-state index in [0.29, 0.717) is 23.0 Å². The molecule has 0 spiro atoms. The number of hydrogen-bond donors (Lipinski definition) is 0. The first-order chi connectivity index (χ1) is 10.1. The molecule has 0 N–H and O–H groups in total. The van der Waals surface area contributed by atoms with Crippen molar-refractivity contribution in [2.75, 3.05) is 0 Å². The molecule has 3 rings (SSSR count). The van der Waals surface area contributed by atoms with Gasteiger partial charge in [0.1, 0.15) is 0 Å². The molecular formula is C17H19ClN2O. The molecule has 4 heteroatoms. The van der Waals surface area contributed by atoms with Gasteiger partial charge in [-0.15, -0.1) is 0 Å². The quantitative estimate of drug-likeness (QED) is 0.785. The third-order valence-corrected chi connectivity index (χ3v) is 4.61. The average Bonchev–Trinajstić information content (AvgIpc) is 3.12. The number of Topliss-reactive ketones (excluding diaryl/α,β-unsaturated/α-hetero) is 1. The van der Waals surface area contributed by atoms with Crippen molar-refractivity contribution in [2.45, 2.75) is 45.1 Å². The molecule has 1 saturated carbocycles. The van der Waals surface area contributed by atoms with E-state index in [-0.39, 0.29) is 5.78 Å². The number of ketones is 1. The lowest BCUT2D eigenvalue weighted by atomic mass is 10.0. The zero-order chi connectivity index (χ0) is 14.8. The van der Waals surface area contributed by atoms with Crippen LogP contribution < -0.4 is 0 Å². The fourth-order valence-corrected chi connectivity index (χ4v) is 3.05. The number of carbonyl (C=O) groups is 1. The summed E-state index contributed by atoms with van der Waals surface area (Å²) in [6.07, 6.45) is 7.31. The second-order valence-corrected chi connectivity index (χ2v) is 6.20. The van der Waals surface area contributed by atoms with E-state index < -0.39 is 0 Å². The van der Waals surface area contributed by atoms with E-state index in [4.69, 9.17) is 11.6 Å². The van der Waals surface area contributed by atoms with Gasteiger partial charge in [0.05, 0.1) is 18.2 Å². The fraction of sp³-hybridized carbons (Fsp3) is 0.412. The first-order valence-electron chi connectivity index (χ1n) is 7.47. The summed E-state index contributed by atoms with van der Waals surface area (Å²) in [5.41, 5.74) is 2.48. The molecule has 1 fully saturated rings. The molecular weight excluding hydrogens is 284 g/mol. The van der Waals surface area contributed by atoms with Crippen molar-refractivity contribution in [3.8, 4) is 0 Å². The van der Waals surface area contributed by atoms with Gasteiger partial charge in [0.2, 0.25) is 0 Å². The Morgan fingerprint density at radius 1 is 1.33 bits per heavy atom. The Bertz CT molecular complexity index is 657. The molecule has 0 amide bonds. The maximum Gasteiger partial charge on any atom is 0.168 e. The fourth-order valence-electron chi connectivity index (χ4n) is 2.93. The maximum atomic E-state index is 12.3. The Morgan fingerprint density at radius 2 is 2.10 bits per heavy atom. The zero-order valence-corrected chi connectivity index (χ0v) is 12.9. The molecule has 3 nitrogen and oxygen atoms in total. The second-order valence-electron chi connectivity index (χ2n) is 5.79. The number of nitrogens with zero attached hydrogens (tertiary/aromatic N) is 2. The SMILES string of the molecule is Cc1cc(C(=O)Cc2ccn(C3CCCC3)n2)ccc1Cl. The topological polar surface area (TPSA) is 34.9 Å². The number of benzene rings is 1. The molecule has 2 aromatic rings. The normalized spacial score (nSPS) is 15.5.